The number of thiocarbonyl (C=S) groups is 1. The third kappa shape index (κ3) is 4.49. The van der Waals surface area contributed by atoms with Crippen LogP contribution in [0.25, 0.3) is 6.08 Å². The quantitative estimate of drug-likeness (QED) is 0.352. The third-order valence-electron chi connectivity index (χ3n) is 5.04. The number of hydrogen-bond donors (Lipinski definition) is 0. The molecule has 5 nitrogen and oxygen atoms in total. The van der Waals surface area contributed by atoms with Gasteiger partial charge in [0.1, 0.15) is 10.4 Å². The molecule has 2 aromatic carbocycles. The summed E-state index contributed by atoms with van der Waals surface area (Å²) in [5.41, 5.74) is -0.752. The molecule has 2 aromatic rings. The van der Waals surface area contributed by atoms with Crippen molar-refractivity contribution in [3.8, 4) is 0 Å². The zero-order valence-corrected chi connectivity index (χ0v) is 18.4. The van der Waals surface area contributed by atoms with Gasteiger partial charge in [0, 0.05) is 0 Å². The minimum absolute atomic E-state index is 0.0662. The van der Waals surface area contributed by atoms with Crippen LogP contribution in [-0.4, -0.2) is 33.0 Å². The molecule has 0 aliphatic carbocycles. The molecular weight excluding hydrogens is 473 g/mol. The highest BCUT2D eigenvalue weighted by Crippen LogP contribution is 2.40. The molecule has 168 valence electrons. The molecule has 0 unspecified atom stereocenters. The normalized spacial score (nSPS) is 20.7. The van der Waals surface area contributed by atoms with Gasteiger partial charge in [-0.15, -0.1) is 0 Å². The number of benzene rings is 2. The number of thioether (sulfide) groups is 1. The molecule has 0 bridgehead atoms. The van der Waals surface area contributed by atoms with E-state index in [-0.39, 0.29) is 9.23 Å². The molecule has 4 rings (SSSR count). The molecule has 10 heteroatoms. The van der Waals surface area contributed by atoms with E-state index in [0.29, 0.717) is 4.90 Å². The topological polar surface area (TPSA) is 57.7 Å². The number of halogens is 3. The summed E-state index contributed by atoms with van der Waals surface area (Å²) in [7, 11) is 0. The average molecular weight is 489 g/mol. The van der Waals surface area contributed by atoms with E-state index in [9.17, 15) is 27.6 Å². The predicted octanol–water partition coefficient (Wildman–Crippen LogP) is 4.79. The molecule has 1 atom stereocenters. The molecule has 0 aromatic heterocycles. The Hall–Kier alpha value is -3.24. The van der Waals surface area contributed by atoms with Crippen molar-refractivity contribution >= 4 is 57.8 Å². The van der Waals surface area contributed by atoms with Gasteiger partial charge < -0.3 is 0 Å². The van der Waals surface area contributed by atoms with Crippen molar-refractivity contribution in [3.05, 3.63) is 82.8 Å². The molecule has 3 amide bonds. The number of nitrogens with zero attached hydrogens (tertiary/aromatic N) is 2. The second-order valence-electron chi connectivity index (χ2n) is 7.15. The molecule has 0 N–H and O–H groups in total. The number of para-hydroxylation sites is 1. The lowest BCUT2D eigenvalue weighted by Gasteiger charge is -2.23. The maximum atomic E-state index is 13.4. The van der Waals surface area contributed by atoms with E-state index in [4.69, 9.17) is 12.2 Å². The first kappa shape index (κ1) is 22.9. The van der Waals surface area contributed by atoms with Crippen molar-refractivity contribution < 1.29 is 27.6 Å². The van der Waals surface area contributed by atoms with E-state index in [1.807, 2.05) is 30.3 Å². The van der Waals surface area contributed by atoms with Crippen LogP contribution in [-0.2, 0) is 20.6 Å². The Kier molecular flexibility index (Phi) is 6.22. The number of imide groups is 1. The molecule has 0 radical (unpaired) electrons. The van der Waals surface area contributed by atoms with E-state index in [2.05, 4.69) is 0 Å². The van der Waals surface area contributed by atoms with Crippen LogP contribution in [0.2, 0.25) is 0 Å². The predicted molar refractivity (Wildman–Crippen MR) is 123 cm³/mol. The SMILES string of the molecule is O=C1C[C@@H](N2C(=O)/C(=C/C=C/c3ccccc3)SC2=S)C(=O)N1c1ccccc1C(F)(F)F. The smallest absolute Gasteiger partial charge is 0.280 e. The van der Waals surface area contributed by atoms with E-state index >= 15 is 0 Å². The lowest BCUT2D eigenvalue weighted by molar-refractivity contribution is -0.137. The number of anilines is 1. The van der Waals surface area contributed by atoms with Crippen LogP contribution in [0.1, 0.15) is 17.5 Å². The van der Waals surface area contributed by atoms with Gasteiger partial charge in [0.15, 0.2) is 0 Å². The van der Waals surface area contributed by atoms with Crippen molar-refractivity contribution in [3.63, 3.8) is 0 Å². The number of hydrogen-bond acceptors (Lipinski definition) is 5. The van der Waals surface area contributed by atoms with Crippen LogP contribution < -0.4 is 4.90 Å². The van der Waals surface area contributed by atoms with Crippen molar-refractivity contribution in [2.75, 3.05) is 4.90 Å². The molecule has 0 saturated carbocycles. The molecule has 2 aliphatic rings. The number of rotatable bonds is 4. The summed E-state index contributed by atoms with van der Waals surface area (Å²) in [5, 5.41) is 0. The van der Waals surface area contributed by atoms with Gasteiger partial charge in [-0.3, -0.25) is 19.3 Å². The van der Waals surface area contributed by atoms with Gasteiger partial charge in [-0.1, -0.05) is 78.6 Å². The Balaban J connectivity index is 1.58. The van der Waals surface area contributed by atoms with Crippen LogP contribution in [0, 0.1) is 0 Å². The second-order valence-corrected chi connectivity index (χ2v) is 8.82. The second kappa shape index (κ2) is 8.95. The number of amides is 3. The molecule has 2 aliphatic heterocycles. The molecule has 2 fully saturated rings. The van der Waals surface area contributed by atoms with Gasteiger partial charge >= 0.3 is 6.18 Å². The van der Waals surface area contributed by atoms with E-state index < -0.39 is 47.6 Å². The minimum atomic E-state index is -4.76. The number of carbonyl (C=O) groups is 3. The van der Waals surface area contributed by atoms with Gasteiger partial charge in [0.05, 0.1) is 22.6 Å². The molecule has 2 heterocycles. The Bertz CT molecular complexity index is 1210. The Morgan fingerprint density at radius 1 is 1.00 bits per heavy atom. The van der Waals surface area contributed by atoms with Gasteiger partial charge in [0.2, 0.25) is 5.91 Å². The first-order valence-electron chi connectivity index (χ1n) is 9.70. The fraction of sp³-hybridized carbons (Fsp3) is 0.130. The maximum absolute atomic E-state index is 13.4. The average Bonchev–Trinajstić information content (AvgIpc) is 3.22. The van der Waals surface area contributed by atoms with Crippen molar-refractivity contribution in [1.82, 2.24) is 4.90 Å². The molecular formula is C23H15F3N2O3S2. The van der Waals surface area contributed by atoms with Crippen LogP contribution in [0.4, 0.5) is 18.9 Å². The standard InChI is InChI=1S/C23H15F3N2O3S2/c24-23(25,26)15-10-4-5-11-16(15)27-19(29)13-17(20(27)30)28-21(31)18(33-22(28)32)12-6-9-14-7-2-1-3-8-14/h1-12,17H,13H2/b9-6+,18-12-/t17-/m1/s1. The molecule has 33 heavy (non-hydrogen) atoms. The summed E-state index contributed by atoms with van der Waals surface area (Å²) in [6, 6.07) is 12.4. The van der Waals surface area contributed by atoms with Crippen molar-refractivity contribution in [1.29, 1.82) is 0 Å². The number of allylic oxidation sites excluding steroid dienone is 2. The monoisotopic (exact) mass is 488 g/mol. The zero-order chi connectivity index (χ0) is 23.8. The van der Waals surface area contributed by atoms with Gasteiger partial charge in [-0.2, -0.15) is 13.2 Å². The van der Waals surface area contributed by atoms with E-state index in [0.717, 1.165) is 34.4 Å². The van der Waals surface area contributed by atoms with Crippen molar-refractivity contribution in [2.45, 2.75) is 18.6 Å². The highest BCUT2D eigenvalue weighted by molar-refractivity contribution is 8.26. The first-order chi connectivity index (χ1) is 15.7. The molecule has 2 saturated heterocycles. The number of alkyl halides is 3. The lowest BCUT2D eigenvalue weighted by Crippen LogP contribution is -2.44. The number of carbonyl (C=O) groups excluding carboxylic acids is 3. The van der Waals surface area contributed by atoms with Crippen molar-refractivity contribution in [2.24, 2.45) is 0 Å². The summed E-state index contributed by atoms with van der Waals surface area (Å²) in [5.74, 6) is -2.32. The Morgan fingerprint density at radius 3 is 2.36 bits per heavy atom. The fourth-order valence-electron chi connectivity index (χ4n) is 3.55. The summed E-state index contributed by atoms with van der Waals surface area (Å²) < 4.78 is 40.3. The minimum Gasteiger partial charge on any atom is -0.280 e. The summed E-state index contributed by atoms with van der Waals surface area (Å²) in [4.78, 5) is 40.3. The lowest BCUT2D eigenvalue weighted by atomic mass is 10.1. The van der Waals surface area contributed by atoms with Crippen LogP contribution >= 0.6 is 24.0 Å². The summed E-state index contributed by atoms with van der Waals surface area (Å²) in [6.45, 7) is 0. The van der Waals surface area contributed by atoms with E-state index in [1.54, 1.807) is 18.2 Å². The Labute approximate surface area is 196 Å². The summed E-state index contributed by atoms with van der Waals surface area (Å²) >= 11 is 6.22. The van der Waals surface area contributed by atoms with Gasteiger partial charge in [0.25, 0.3) is 11.8 Å². The van der Waals surface area contributed by atoms with Crippen LogP contribution in [0.15, 0.2) is 71.7 Å². The molecule has 0 spiro atoms. The third-order valence-corrected chi connectivity index (χ3v) is 6.39. The van der Waals surface area contributed by atoms with Gasteiger partial charge in [-0.25, -0.2) is 4.90 Å². The van der Waals surface area contributed by atoms with Gasteiger partial charge in [-0.05, 0) is 23.8 Å². The largest absolute Gasteiger partial charge is 0.418 e. The van der Waals surface area contributed by atoms with E-state index in [1.165, 1.54) is 12.1 Å². The van der Waals surface area contributed by atoms with Crippen LogP contribution in [0.5, 0.6) is 0 Å². The maximum Gasteiger partial charge on any atom is 0.418 e. The zero-order valence-electron chi connectivity index (χ0n) is 16.8. The Morgan fingerprint density at radius 2 is 1.67 bits per heavy atom. The highest BCUT2D eigenvalue weighted by Gasteiger charge is 2.50. The summed E-state index contributed by atoms with van der Waals surface area (Å²) in [6.07, 6.45) is -0.221. The highest BCUT2D eigenvalue weighted by atomic mass is 32.2. The first-order valence-corrected chi connectivity index (χ1v) is 10.9. The fourth-order valence-corrected chi connectivity index (χ4v) is 4.86. The van der Waals surface area contributed by atoms with Crippen LogP contribution in [0.3, 0.4) is 0 Å².